The largest absolute Gasteiger partial charge is 0.352 e. The quantitative estimate of drug-likeness (QED) is 0.511. The molecule has 0 aliphatic rings. The maximum atomic E-state index is 11.9. The number of benzene rings is 2. The second-order valence-corrected chi connectivity index (χ2v) is 5.76. The highest BCUT2D eigenvalue weighted by molar-refractivity contribution is 6.30. The van der Waals surface area contributed by atoms with Crippen molar-refractivity contribution in [2.75, 3.05) is 6.54 Å². The zero-order valence-corrected chi connectivity index (χ0v) is 14.7. The Balaban J connectivity index is 1.73. The molecule has 0 saturated heterocycles. The number of hydrogen-bond acceptors (Lipinski definition) is 5. The highest BCUT2D eigenvalue weighted by atomic mass is 35.5. The second-order valence-electron chi connectivity index (χ2n) is 5.32. The van der Waals surface area contributed by atoms with Gasteiger partial charge in [-0.05, 0) is 30.3 Å². The summed E-state index contributed by atoms with van der Waals surface area (Å²) in [6.45, 7) is 0.0225. The number of non-ortho nitro benzene ring substituents is 1. The Bertz CT molecular complexity index is 870. The van der Waals surface area contributed by atoms with Crippen LogP contribution in [0.3, 0.4) is 0 Å². The summed E-state index contributed by atoms with van der Waals surface area (Å²) in [5.41, 5.74) is 4.86. The van der Waals surface area contributed by atoms with Gasteiger partial charge >= 0.3 is 0 Å². The van der Waals surface area contributed by atoms with E-state index in [0.717, 1.165) is 0 Å². The van der Waals surface area contributed by atoms with E-state index in [1.807, 2.05) is 0 Å². The summed E-state index contributed by atoms with van der Waals surface area (Å²) < 4.78 is 0. The summed E-state index contributed by atoms with van der Waals surface area (Å²) in [4.78, 5) is 45.4. The molecular weight excluding hydrogens is 376 g/mol. The Morgan fingerprint density at radius 3 is 2.30 bits per heavy atom. The number of carbonyl (C=O) groups is 3. The van der Waals surface area contributed by atoms with Crippen molar-refractivity contribution in [3.8, 4) is 0 Å². The van der Waals surface area contributed by atoms with Gasteiger partial charge in [0.25, 0.3) is 17.5 Å². The van der Waals surface area contributed by atoms with E-state index in [2.05, 4.69) is 16.2 Å². The van der Waals surface area contributed by atoms with Crippen molar-refractivity contribution in [1.82, 2.24) is 16.2 Å². The average Bonchev–Trinajstić information content (AvgIpc) is 2.66. The lowest BCUT2D eigenvalue weighted by Gasteiger charge is -2.08. The lowest BCUT2D eigenvalue weighted by molar-refractivity contribution is -0.384. The van der Waals surface area contributed by atoms with E-state index in [9.17, 15) is 24.5 Å². The van der Waals surface area contributed by atoms with Crippen molar-refractivity contribution >= 4 is 35.0 Å². The fourth-order valence-corrected chi connectivity index (χ4v) is 2.21. The lowest BCUT2D eigenvalue weighted by Crippen LogP contribution is -2.42. The van der Waals surface area contributed by atoms with Gasteiger partial charge < -0.3 is 5.32 Å². The normalized spacial score (nSPS) is 9.96. The third-order valence-electron chi connectivity index (χ3n) is 3.38. The Morgan fingerprint density at radius 1 is 0.963 bits per heavy atom. The molecule has 0 spiro atoms. The molecule has 0 bridgehead atoms. The van der Waals surface area contributed by atoms with Crippen LogP contribution < -0.4 is 16.2 Å². The van der Waals surface area contributed by atoms with Crippen LogP contribution in [0, 0.1) is 10.1 Å². The molecule has 3 amide bonds. The van der Waals surface area contributed by atoms with Crippen LogP contribution in [0.4, 0.5) is 5.69 Å². The number of rotatable bonds is 6. The first-order valence-electron chi connectivity index (χ1n) is 7.74. The number of nitrogens with one attached hydrogen (secondary N) is 3. The first-order valence-corrected chi connectivity index (χ1v) is 8.12. The van der Waals surface area contributed by atoms with Crippen LogP contribution >= 0.6 is 11.6 Å². The van der Waals surface area contributed by atoms with Crippen LogP contribution in [-0.4, -0.2) is 29.2 Å². The number of amides is 3. The third kappa shape index (κ3) is 6.08. The Hall–Kier alpha value is -3.46. The molecule has 10 heteroatoms. The van der Waals surface area contributed by atoms with Crippen molar-refractivity contribution in [1.29, 1.82) is 0 Å². The zero-order valence-electron chi connectivity index (χ0n) is 13.9. The summed E-state index contributed by atoms with van der Waals surface area (Å²) in [6.07, 6.45) is -0.0749. The van der Waals surface area contributed by atoms with Gasteiger partial charge in [0.2, 0.25) is 5.91 Å². The molecular formula is C17H15ClN4O5. The molecule has 0 aliphatic carbocycles. The van der Waals surface area contributed by atoms with Gasteiger partial charge in [0.05, 0.1) is 4.92 Å². The van der Waals surface area contributed by atoms with Crippen molar-refractivity contribution in [3.05, 3.63) is 74.8 Å². The molecule has 2 aromatic carbocycles. The third-order valence-corrected chi connectivity index (χ3v) is 3.62. The SMILES string of the molecule is O=C(CCNC(=O)c1ccc([N+](=O)[O-])cc1)NNC(=O)c1cccc(Cl)c1. The molecule has 0 radical (unpaired) electrons. The summed E-state index contributed by atoms with van der Waals surface area (Å²) in [7, 11) is 0. The minimum atomic E-state index is -0.566. The number of nitro groups is 1. The molecule has 0 fully saturated rings. The molecule has 0 heterocycles. The van der Waals surface area contributed by atoms with E-state index in [1.165, 1.54) is 36.4 Å². The van der Waals surface area contributed by atoms with E-state index in [4.69, 9.17) is 11.6 Å². The lowest BCUT2D eigenvalue weighted by atomic mass is 10.2. The average molecular weight is 391 g/mol. The molecule has 0 aliphatic heterocycles. The minimum Gasteiger partial charge on any atom is -0.352 e. The van der Waals surface area contributed by atoms with E-state index < -0.39 is 22.6 Å². The van der Waals surface area contributed by atoms with Crippen LogP contribution in [-0.2, 0) is 4.79 Å². The maximum absolute atomic E-state index is 11.9. The molecule has 2 aromatic rings. The fourth-order valence-electron chi connectivity index (χ4n) is 2.02. The van der Waals surface area contributed by atoms with Crippen LogP contribution in [0.25, 0.3) is 0 Å². The van der Waals surface area contributed by atoms with Crippen LogP contribution in [0.2, 0.25) is 5.02 Å². The van der Waals surface area contributed by atoms with E-state index >= 15 is 0 Å². The minimum absolute atomic E-state index is 0.0225. The number of carbonyl (C=O) groups excluding carboxylic acids is 3. The standard InChI is InChI=1S/C17H15ClN4O5/c18-13-3-1-2-12(10-13)17(25)21-20-15(23)8-9-19-16(24)11-4-6-14(7-5-11)22(26)27/h1-7,10H,8-9H2,(H,19,24)(H,20,23)(H,21,25). The smallest absolute Gasteiger partial charge is 0.269 e. The first kappa shape index (κ1) is 19.9. The molecule has 0 unspecified atom stereocenters. The van der Waals surface area contributed by atoms with Crippen LogP contribution in [0.1, 0.15) is 27.1 Å². The number of hydrogen-bond donors (Lipinski definition) is 3. The summed E-state index contributed by atoms with van der Waals surface area (Å²) in [6, 6.07) is 11.3. The highest BCUT2D eigenvalue weighted by Gasteiger charge is 2.11. The van der Waals surface area contributed by atoms with E-state index in [-0.39, 0.29) is 29.8 Å². The van der Waals surface area contributed by atoms with Gasteiger partial charge in [-0.3, -0.25) is 35.3 Å². The van der Waals surface area contributed by atoms with Gasteiger partial charge in [-0.1, -0.05) is 17.7 Å². The van der Waals surface area contributed by atoms with Gasteiger partial charge in [0.1, 0.15) is 0 Å². The monoisotopic (exact) mass is 390 g/mol. The predicted molar refractivity (Wildman–Crippen MR) is 97.1 cm³/mol. The van der Waals surface area contributed by atoms with Crippen molar-refractivity contribution in [3.63, 3.8) is 0 Å². The van der Waals surface area contributed by atoms with Gasteiger partial charge in [-0.2, -0.15) is 0 Å². The Kier molecular flexibility index (Phi) is 6.84. The summed E-state index contributed by atoms with van der Waals surface area (Å²) >= 11 is 5.78. The molecule has 2 rings (SSSR count). The van der Waals surface area contributed by atoms with Crippen molar-refractivity contribution in [2.45, 2.75) is 6.42 Å². The highest BCUT2D eigenvalue weighted by Crippen LogP contribution is 2.12. The van der Waals surface area contributed by atoms with E-state index in [0.29, 0.717) is 5.02 Å². The van der Waals surface area contributed by atoms with Crippen LogP contribution in [0.15, 0.2) is 48.5 Å². The first-order chi connectivity index (χ1) is 12.9. The molecule has 9 nitrogen and oxygen atoms in total. The predicted octanol–water partition coefficient (Wildman–Crippen LogP) is 1.83. The maximum Gasteiger partial charge on any atom is 0.269 e. The fraction of sp³-hybridized carbons (Fsp3) is 0.118. The Labute approximate surface area is 158 Å². The second kappa shape index (κ2) is 9.30. The molecule has 27 heavy (non-hydrogen) atoms. The van der Waals surface area contributed by atoms with Gasteiger partial charge in [0, 0.05) is 41.2 Å². The number of hydrazine groups is 1. The molecule has 0 saturated carbocycles. The van der Waals surface area contributed by atoms with Crippen LogP contribution in [0.5, 0.6) is 0 Å². The number of nitrogens with zero attached hydrogens (tertiary/aromatic N) is 1. The molecule has 3 N–H and O–H groups in total. The topological polar surface area (TPSA) is 130 Å². The van der Waals surface area contributed by atoms with E-state index in [1.54, 1.807) is 12.1 Å². The van der Waals surface area contributed by atoms with Crippen molar-refractivity contribution < 1.29 is 19.3 Å². The van der Waals surface area contributed by atoms with Crippen molar-refractivity contribution in [2.24, 2.45) is 0 Å². The summed E-state index contributed by atoms with van der Waals surface area (Å²) in [5, 5.41) is 13.5. The summed E-state index contributed by atoms with van der Waals surface area (Å²) in [5.74, 6) is -1.50. The molecule has 140 valence electrons. The van der Waals surface area contributed by atoms with Gasteiger partial charge in [0.15, 0.2) is 0 Å². The Morgan fingerprint density at radius 2 is 1.67 bits per heavy atom. The van der Waals surface area contributed by atoms with Gasteiger partial charge in [-0.25, -0.2) is 0 Å². The molecule has 0 aromatic heterocycles. The molecule has 0 atom stereocenters. The van der Waals surface area contributed by atoms with Gasteiger partial charge in [-0.15, -0.1) is 0 Å². The zero-order chi connectivity index (χ0) is 19.8. The number of halogens is 1. The number of nitro benzene ring substituents is 1.